The van der Waals surface area contributed by atoms with Crippen molar-refractivity contribution < 1.29 is 19.4 Å². The van der Waals surface area contributed by atoms with Crippen LogP contribution in [-0.2, 0) is 6.42 Å². The third kappa shape index (κ3) is 1.18. The van der Waals surface area contributed by atoms with Gasteiger partial charge in [0.05, 0.1) is 11.8 Å². The van der Waals surface area contributed by atoms with E-state index >= 15 is 0 Å². The number of hydrogen-bond acceptors (Lipinski definition) is 6. The molecule has 82 valence electrons. The molecular weight excluding hydrogens is 232 g/mol. The molecule has 0 saturated heterocycles. The van der Waals surface area contributed by atoms with E-state index in [2.05, 4.69) is 9.59 Å². The first-order valence-corrected chi connectivity index (χ1v) is 5.31. The highest BCUT2D eigenvalue weighted by Gasteiger charge is 2.31. The van der Waals surface area contributed by atoms with E-state index in [1.54, 1.807) is 0 Å². The maximum absolute atomic E-state index is 10.8. The van der Waals surface area contributed by atoms with Gasteiger partial charge in [-0.15, -0.1) is 5.10 Å². The van der Waals surface area contributed by atoms with Gasteiger partial charge in [0.2, 0.25) is 5.76 Å². The Hall–Kier alpha value is -1.73. The smallest absolute Gasteiger partial charge is 0.371 e. The first kappa shape index (κ1) is 9.49. The lowest BCUT2D eigenvalue weighted by atomic mass is 9.98. The van der Waals surface area contributed by atoms with Crippen LogP contribution in [0.25, 0.3) is 10.6 Å². The van der Waals surface area contributed by atoms with Gasteiger partial charge in [-0.2, -0.15) is 0 Å². The third-order valence-electron chi connectivity index (χ3n) is 2.48. The van der Waals surface area contributed by atoms with E-state index in [0.717, 1.165) is 11.5 Å². The molecule has 0 aromatic carbocycles. The number of nitrogens with zero attached hydrogens (tertiary/aromatic N) is 2. The summed E-state index contributed by atoms with van der Waals surface area (Å²) in [6.45, 7) is 0. The molecule has 1 unspecified atom stereocenters. The zero-order valence-corrected chi connectivity index (χ0v) is 8.69. The number of aromatic carboxylic acids is 1. The molecular formula is C9H6N2O4S. The van der Waals surface area contributed by atoms with Gasteiger partial charge in [-0.25, -0.2) is 4.79 Å². The summed E-state index contributed by atoms with van der Waals surface area (Å²) in [7, 11) is 0. The van der Waals surface area contributed by atoms with Crippen molar-refractivity contribution in [2.24, 2.45) is 0 Å². The quantitative estimate of drug-likeness (QED) is 0.771. The second kappa shape index (κ2) is 3.13. The van der Waals surface area contributed by atoms with Crippen molar-refractivity contribution >= 4 is 17.5 Å². The predicted octanol–water partition coefficient (Wildman–Crippen LogP) is 1.09. The number of hydrogen-bond donors (Lipinski definition) is 2. The molecule has 7 heteroatoms. The van der Waals surface area contributed by atoms with E-state index in [4.69, 9.17) is 9.52 Å². The summed E-state index contributed by atoms with van der Waals surface area (Å²) in [4.78, 5) is 11.5. The van der Waals surface area contributed by atoms with Gasteiger partial charge in [-0.3, -0.25) is 0 Å². The Morgan fingerprint density at radius 2 is 2.44 bits per heavy atom. The molecule has 3 rings (SSSR count). The van der Waals surface area contributed by atoms with Crippen molar-refractivity contribution in [3.05, 3.63) is 23.1 Å². The molecule has 0 fully saturated rings. The minimum Gasteiger partial charge on any atom is -0.475 e. The van der Waals surface area contributed by atoms with E-state index in [9.17, 15) is 9.90 Å². The predicted molar refractivity (Wildman–Crippen MR) is 53.2 cm³/mol. The van der Waals surface area contributed by atoms with Crippen LogP contribution in [0.2, 0.25) is 0 Å². The van der Waals surface area contributed by atoms with Crippen molar-refractivity contribution in [1.29, 1.82) is 0 Å². The molecule has 2 heterocycles. The summed E-state index contributed by atoms with van der Waals surface area (Å²) in [5.41, 5.74) is 1.15. The number of furan rings is 1. The molecule has 2 aromatic heterocycles. The van der Waals surface area contributed by atoms with Gasteiger partial charge >= 0.3 is 5.97 Å². The summed E-state index contributed by atoms with van der Waals surface area (Å²) in [6, 6.07) is 1.35. The molecule has 0 radical (unpaired) electrons. The number of aliphatic hydroxyl groups excluding tert-OH is 1. The Bertz CT molecular complexity index is 574. The fourth-order valence-electron chi connectivity index (χ4n) is 1.74. The van der Waals surface area contributed by atoms with Crippen LogP contribution in [0.5, 0.6) is 0 Å². The number of fused-ring (bicyclic) bond motifs is 3. The highest BCUT2D eigenvalue weighted by Crippen LogP contribution is 2.41. The second-order valence-corrected chi connectivity index (χ2v) is 4.22. The maximum atomic E-state index is 10.8. The molecule has 16 heavy (non-hydrogen) atoms. The molecule has 1 aliphatic rings. The Balaban J connectivity index is 2.23. The summed E-state index contributed by atoms with van der Waals surface area (Å²) >= 11 is 1.14. The molecule has 0 spiro atoms. The van der Waals surface area contributed by atoms with Gasteiger partial charge in [0, 0.05) is 12.0 Å². The van der Waals surface area contributed by atoms with E-state index in [0.29, 0.717) is 28.3 Å². The monoisotopic (exact) mass is 238 g/mol. The van der Waals surface area contributed by atoms with Crippen LogP contribution in [0, 0.1) is 0 Å². The third-order valence-corrected chi connectivity index (χ3v) is 3.25. The summed E-state index contributed by atoms with van der Waals surface area (Å²) in [5, 5.41) is 22.5. The summed E-state index contributed by atoms with van der Waals surface area (Å²) < 4.78 is 8.96. The topological polar surface area (TPSA) is 96.5 Å². The Morgan fingerprint density at radius 1 is 1.62 bits per heavy atom. The lowest BCUT2D eigenvalue weighted by Crippen LogP contribution is -2.07. The molecule has 0 amide bonds. The van der Waals surface area contributed by atoms with Crippen LogP contribution in [-0.4, -0.2) is 25.8 Å². The van der Waals surface area contributed by atoms with Crippen LogP contribution in [0.15, 0.2) is 10.5 Å². The van der Waals surface area contributed by atoms with Crippen molar-refractivity contribution in [2.75, 3.05) is 0 Å². The van der Waals surface area contributed by atoms with Crippen LogP contribution >= 0.6 is 11.5 Å². The molecule has 0 aliphatic heterocycles. The number of rotatable bonds is 1. The zero-order chi connectivity index (χ0) is 11.3. The zero-order valence-electron chi connectivity index (χ0n) is 7.88. The van der Waals surface area contributed by atoms with Gasteiger partial charge in [0.15, 0.2) is 5.76 Å². The van der Waals surface area contributed by atoms with Crippen LogP contribution in [0.3, 0.4) is 0 Å². The second-order valence-electron chi connectivity index (χ2n) is 3.47. The normalized spacial score (nSPS) is 17.9. The fraction of sp³-hybridized carbons (Fsp3) is 0.222. The lowest BCUT2D eigenvalue weighted by molar-refractivity contribution is 0.0663. The number of carboxylic acid groups (broad SMARTS) is 1. The van der Waals surface area contributed by atoms with Crippen molar-refractivity contribution in [2.45, 2.75) is 12.5 Å². The first-order chi connectivity index (χ1) is 7.66. The van der Waals surface area contributed by atoms with E-state index in [1.165, 1.54) is 6.07 Å². The largest absolute Gasteiger partial charge is 0.475 e. The molecule has 1 atom stereocenters. The minimum atomic E-state index is -1.15. The SMILES string of the molecule is O=C(O)c1cc2c(o1)-c1snnc1CC2O. The Morgan fingerprint density at radius 3 is 3.19 bits per heavy atom. The first-order valence-electron chi connectivity index (χ1n) is 4.53. The van der Waals surface area contributed by atoms with E-state index in [-0.39, 0.29) is 5.76 Å². The Labute approximate surface area is 93.3 Å². The van der Waals surface area contributed by atoms with Gasteiger partial charge < -0.3 is 14.6 Å². The van der Waals surface area contributed by atoms with Gasteiger partial charge in [0.25, 0.3) is 0 Å². The lowest BCUT2D eigenvalue weighted by Gasteiger charge is -2.13. The van der Waals surface area contributed by atoms with Gasteiger partial charge in [0.1, 0.15) is 4.88 Å². The summed E-state index contributed by atoms with van der Waals surface area (Å²) in [6.07, 6.45) is -0.430. The molecule has 2 N–H and O–H groups in total. The molecule has 1 aliphatic carbocycles. The Kier molecular flexibility index (Phi) is 1.86. The van der Waals surface area contributed by atoms with Crippen molar-refractivity contribution in [3.63, 3.8) is 0 Å². The molecule has 2 aromatic rings. The van der Waals surface area contributed by atoms with E-state index in [1.807, 2.05) is 0 Å². The van der Waals surface area contributed by atoms with Gasteiger partial charge in [-0.1, -0.05) is 4.49 Å². The molecule has 0 saturated carbocycles. The van der Waals surface area contributed by atoms with Crippen molar-refractivity contribution in [3.8, 4) is 10.6 Å². The van der Waals surface area contributed by atoms with Crippen LogP contribution in [0.4, 0.5) is 0 Å². The number of aromatic nitrogens is 2. The number of carboxylic acids is 1. The van der Waals surface area contributed by atoms with Crippen LogP contribution < -0.4 is 0 Å². The van der Waals surface area contributed by atoms with Gasteiger partial charge in [-0.05, 0) is 17.6 Å². The average Bonchev–Trinajstić information content (AvgIpc) is 2.80. The van der Waals surface area contributed by atoms with Crippen LogP contribution in [0.1, 0.15) is 27.9 Å². The highest BCUT2D eigenvalue weighted by atomic mass is 32.1. The van der Waals surface area contributed by atoms with Crippen molar-refractivity contribution in [1.82, 2.24) is 9.59 Å². The van der Waals surface area contributed by atoms with E-state index < -0.39 is 12.1 Å². The highest BCUT2D eigenvalue weighted by molar-refractivity contribution is 7.09. The standard InChI is InChI=1S/C9H6N2O4S/c12-5-2-4-8(16-11-10-4)7-3(5)1-6(15-7)9(13)14/h1,5,12H,2H2,(H,13,14). The fourth-order valence-corrected chi connectivity index (χ4v) is 2.44. The molecule has 6 nitrogen and oxygen atoms in total. The summed E-state index contributed by atoms with van der Waals surface area (Å²) in [5.74, 6) is -0.952. The molecule has 0 bridgehead atoms. The average molecular weight is 238 g/mol. The number of carbonyl (C=O) groups is 1. The maximum Gasteiger partial charge on any atom is 0.371 e. The minimum absolute atomic E-state index is 0.176. The number of aliphatic hydroxyl groups is 1.